The van der Waals surface area contributed by atoms with Crippen molar-refractivity contribution in [1.82, 2.24) is 5.32 Å². The van der Waals surface area contributed by atoms with Gasteiger partial charge in [-0.2, -0.15) is 0 Å². The Bertz CT molecular complexity index is 1460. The summed E-state index contributed by atoms with van der Waals surface area (Å²) in [6.45, 7) is 2.65. The summed E-state index contributed by atoms with van der Waals surface area (Å²) in [6.07, 6.45) is 1.03. The molecule has 42 heavy (non-hydrogen) atoms. The molecule has 0 heterocycles. The molecule has 0 fully saturated rings. The van der Waals surface area contributed by atoms with Crippen molar-refractivity contribution in [3.8, 4) is 5.75 Å². The Labute approximate surface area is 246 Å². The van der Waals surface area contributed by atoms with Gasteiger partial charge in [-0.15, -0.1) is 0 Å². The summed E-state index contributed by atoms with van der Waals surface area (Å²) in [7, 11) is 1.34. The van der Waals surface area contributed by atoms with E-state index in [0.29, 0.717) is 48.6 Å². The normalized spacial score (nSPS) is 12.0. The Balaban J connectivity index is 1.30. The Kier molecular flexibility index (Phi) is 10.9. The molecule has 2 atom stereocenters. The second-order valence-electron chi connectivity index (χ2n) is 10.0. The third kappa shape index (κ3) is 8.54. The fourth-order valence-corrected chi connectivity index (χ4v) is 4.61. The van der Waals surface area contributed by atoms with Crippen molar-refractivity contribution >= 4 is 23.3 Å². The lowest BCUT2D eigenvalue weighted by Crippen LogP contribution is -2.33. The van der Waals surface area contributed by atoms with E-state index in [2.05, 4.69) is 10.6 Å². The van der Waals surface area contributed by atoms with Crippen LogP contribution in [0.3, 0.4) is 0 Å². The van der Waals surface area contributed by atoms with E-state index >= 15 is 0 Å². The maximum Gasteiger partial charge on any atom is 0.328 e. The van der Waals surface area contributed by atoms with Gasteiger partial charge in [0.2, 0.25) is 5.91 Å². The lowest BCUT2D eigenvalue weighted by atomic mass is 10.00. The van der Waals surface area contributed by atoms with Gasteiger partial charge in [-0.1, -0.05) is 91.9 Å². The molecule has 2 unspecified atom stereocenters. The third-order valence-corrected chi connectivity index (χ3v) is 6.89. The number of carbonyl (C=O) groups excluding carboxylic acids is 3. The van der Waals surface area contributed by atoms with E-state index in [0.717, 1.165) is 11.1 Å². The number of hydrogen-bond acceptors (Lipinski definition) is 6. The van der Waals surface area contributed by atoms with Crippen LogP contribution in [-0.2, 0) is 27.2 Å². The van der Waals surface area contributed by atoms with Gasteiger partial charge in [0.25, 0.3) is 0 Å². The molecule has 0 spiro atoms. The summed E-state index contributed by atoms with van der Waals surface area (Å²) in [4.78, 5) is 38.3. The molecule has 0 radical (unpaired) electrons. The first-order valence-corrected chi connectivity index (χ1v) is 14.0. The van der Waals surface area contributed by atoms with E-state index in [1.165, 1.54) is 7.11 Å². The number of ketones is 1. The number of rotatable bonds is 14. The molecule has 0 saturated heterocycles. The van der Waals surface area contributed by atoms with Crippen molar-refractivity contribution in [3.63, 3.8) is 0 Å². The van der Waals surface area contributed by atoms with E-state index in [1.807, 2.05) is 85.8 Å². The first-order valence-electron chi connectivity index (χ1n) is 14.0. The van der Waals surface area contributed by atoms with Gasteiger partial charge < -0.3 is 20.1 Å². The molecule has 1 amide bonds. The number of ether oxygens (including phenoxy) is 2. The topological polar surface area (TPSA) is 93.7 Å². The zero-order valence-corrected chi connectivity index (χ0v) is 23.9. The summed E-state index contributed by atoms with van der Waals surface area (Å²) in [6, 6.07) is 32.8. The largest absolute Gasteiger partial charge is 0.492 e. The molecule has 0 aromatic heterocycles. The highest BCUT2D eigenvalue weighted by Crippen LogP contribution is 2.22. The molecule has 4 aromatic rings. The lowest BCUT2D eigenvalue weighted by Gasteiger charge is -2.20. The third-order valence-electron chi connectivity index (χ3n) is 6.89. The first-order chi connectivity index (χ1) is 20.4. The Morgan fingerprint density at radius 3 is 2.05 bits per heavy atom. The van der Waals surface area contributed by atoms with Crippen molar-refractivity contribution in [2.75, 3.05) is 25.6 Å². The van der Waals surface area contributed by atoms with E-state index in [-0.39, 0.29) is 17.6 Å². The molecule has 0 bridgehead atoms. The quantitative estimate of drug-likeness (QED) is 0.120. The molecule has 0 aliphatic heterocycles. The van der Waals surface area contributed by atoms with Gasteiger partial charge in [0.1, 0.15) is 18.4 Å². The van der Waals surface area contributed by atoms with Gasteiger partial charge in [0, 0.05) is 29.2 Å². The first kappa shape index (κ1) is 30.1. The minimum absolute atomic E-state index is 0.00815. The molecular formula is C35H36N2O5. The summed E-state index contributed by atoms with van der Waals surface area (Å²) in [5.74, 6) is -0.0513. The molecule has 0 saturated carbocycles. The number of carbonyl (C=O) groups is 3. The van der Waals surface area contributed by atoms with Crippen LogP contribution in [-0.4, -0.2) is 44.0 Å². The Hall–Kier alpha value is -4.91. The van der Waals surface area contributed by atoms with Crippen LogP contribution in [0.5, 0.6) is 5.75 Å². The van der Waals surface area contributed by atoms with Gasteiger partial charge in [0.15, 0.2) is 5.78 Å². The maximum absolute atomic E-state index is 13.1. The zero-order valence-electron chi connectivity index (χ0n) is 23.9. The van der Waals surface area contributed by atoms with E-state index < -0.39 is 12.0 Å². The molecule has 0 aliphatic rings. The standard InChI is InChI=1S/C35H36N2O5/c1-25(23-26-11-5-3-6-12-26)34(39)36-21-22-42-29-19-17-27(18-20-29)24-32(35(40)41-2)37-31-16-10-9-15-30(31)33(38)28-13-7-4-8-14-28/h3-20,25,32,37H,21-24H2,1-2H3,(H,36,39). The average Bonchev–Trinajstić information content (AvgIpc) is 3.03. The van der Waals surface area contributed by atoms with Crippen molar-refractivity contribution < 1.29 is 23.9 Å². The number of benzene rings is 4. The van der Waals surface area contributed by atoms with Crippen molar-refractivity contribution in [2.45, 2.75) is 25.8 Å². The van der Waals surface area contributed by atoms with E-state index in [4.69, 9.17) is 9.47 Å². The predicted molar refractivity (Wildman–Crippen MR) is 164 cm³/mol. The lowest BCUT2D eigenvalue weighted by molar-refractivity contribution is -0.141. The fraction of sp³-hybridized carbons (Fsp3) is 0.229. The molecule has 0 aliphatic carbocycles. The summed E-state index contributed by atoms with van der Waals surface area (Å²) < 4.78 is 10.9. The number of esters is 1. The maximum atomic E-state index is 13.1. The molecule has 7 heteroatoms. The number of hydrogen-bond donors (Lipinski definition) is 2. The van der Waals surface area contributed by atoms with Crippen LogP contribution in [0, 0.1) is 5.92 Å². The summed E-state index contributed by atoms with van der Waals surface area (Å²) in [5.41, 5.74) is 3.62. The monoisotopic (exact) mass is 564 g/mol. The molecule has 216 valence electrons. The number of amides is 1. The Morgan fingerprint density at radius 2 is 1.36 bits per heavy atom. The van der Waals surface area contributed by atoms with Crippen LogP contribution in [0.15, 0.2) is 109 Å². The van der Waals surface area contributed by atoms with Gasteiger partial charge in [0.05, 0.1) is 13.7 Å². The van der Waals surface area contributed by atoms with E-state index in [9.17, 15) is 14.4 Å². The van der Waals surface area contributed by atoms with Crippen LogP contribution in [0.1, 0.15) is 34.0 Å². The Morgan fingerprint density at radius 1 is 0.738 bits per heavy atom. The van der Waals surface area contributed by atoms with Crippen LogP contribution in [0.2, 0.25) is 0 Å². The van der Waals surface area contributed by atoms with Crippen molar-refractivity contribution in [2.24, 2.45) is 5.92 Å². The van der Waals surface area contributed by atoms with E-state index in [1.54, 1.807) is 30.3 Å². The number of nitrogens with one attached hydrogen (secondary N) is 2. The van der Waals surface area contributed by atoms with Gasteiger partial charge >= 0.3 is 5.97 Å². The van der Waals surface area contributed by atoms with Crippen LogP contribution in [0.4, 0.5) is 5.69 Å². The zero-order chi connectivity index (χ0) is 29.7. The minimum atomic E-state index is -0.709. The highest BCUT2D eigenvalue weighted by Gasteiger charge is 2.22. The van der Waals surface area contributed by atoms with Gasteiger partial charge in [-0.25, -0.2) is 4.79 Å². The van der Waals surface area contributed by atoms with Crippen LogP contribution in [0.25, 0.3) is 0 Å². The number of anilines is 1. The minimum Gasteiger partial charge on any atom is -0.492 e. The molecule has 7 nitrogen and oxygen atoms in total. The number of methoxy groups -OCH3 is 1. The van der Waals surface area contributed by atoms with Crippen molar-refractivity contribution in [3.05, 3.63) is 131 Å². The van der Waals surface area contributed by atoms with Gasteiger partial charge in [-0.3, -0.25) is 9.59 Å². The summed E-state index contributed by atoms with van der Waals surface area (Å²) >= 11 is 0. The smallest absolute Gasteiger partial charge is 0.328 e. The molecule has 4 aromatic carbocycles. The van der Waals surface area contributed by atoms with Crippen LogP contribution >= 0.6 is 0 Å². The second kappa shape index (κ2) is 15.2. The number of para-hydroxylation sites is 1. The average molecular weight is 565 g/mol. The summed E-state index contributed by atoms with van der Waals surface area (Å²) in [5, 5.41) is 6.15. The highest BCUT2D eigenvalue weighted by molar-refractivity contribution is 6.12. The molecule has 2 N–H and O–H groups in total. The molecular weight excluding hydrogens is 528 g/mol. The molecule has 4 rings (SSSR count). The fourth-order valence-electron chi connectivity index (χ4n) is 4.61. The SMILES string of the molecule is COC(=O)C(Cc1ccc(OCCNC(=O)C(C)Cc2ccccc2)cc1)Nc1ccccc1C(=O)c1ccccc1. The van der Waals surface area contributed by atoms with Crippen molar-refractivity contribution in [1.29, 1.82) is 0 Å². The predicted octanol–water partition coefficient (Wildman–Crippen LogP) is 5.49. The highest BCUT2D eigenvalue weighted by atomic mass is 16.5. The van der Waals surface area contributed by atoms with Crippen LogP contribution < -0.4 is 15.4 Å². The van der Waals surface area contributed by atoms with Gasteiger partial charge in [-0.05, 0) is 41.8 Å². The second-order valence-corrected chi connectivity index (χ2v) is 10.0.